The molecule has 23 heteroatoms. The van der Waals surface area contributed by atoms with Crippen molar-refractivity contribution in [3.05, 3.63) is 436 Å². The third-order valence-corrected chi connectivity index (χ3v) is 24.4. The second-order valence-corrected chi connectivity index (χ2v) is 34.8. The SMILES string of the molecule is Br.Brc1nc(-c2cccc(-c3ccccc3)c2)c2cccnc2n1.Brc1nc(-c2cccc3ccccc23)c2cccnc2n1.Brc1nc(-c2ccccc2)c2cccnc2n1.CC1(C)c2ccccc2-c2ccc(-c3nc(C4C=CC=C(Br)C4)nc4ccccc34)cc21.[2H]c1c([2H])c([2H])c(-c2nc(Br)nc3ncccc23)c([2H])c1[2H].c1ccc(-c2ccc(-c3ncnc4ncccc34)cc2)cc1. The van der Waals surface area contributed by atoms with Crippen LogP contribution in [-0.4, -0.2) is 84.7 Å². The van der Waals surface area contributed by atoms with Gasteiger partial charge in [0.1, 0.15) is 12.2 Å². The number of fused-ring (bicyclic) bond motifs is 10. The molecule has 0 amide bonds. The Morgan fingerprint density at radius 2 is 0.699 bits per heavy atom. The molecule has 0 fully saturated rings. The van der Waals surface area contributed by atoms with Gasteiger partial charge in [0, 0.05) is 108 Å². The Morgan fingerprint density at radius 1 is 0.293 bits per heavy atom. The van der Waals surface area contributed by atoms with Gasteiger partial charge in [-0.3, -0.25) is 0 Å². The summed E-state index contributed by atoms with van der Waals surface area (Å²) < 4.78 is 42.4. The fraction of sp³-hybridized carbons (Fsp3) is 0.0455. The number of pyridine rings is 5. The standard InChI is InChI=1S/C29H23BrN2.C19H12BrN3.C19H13N3.C17H10BrN3.2C13H8BrN3.BrH/c1-29(2)24-12-5-3-10-21(24)22-15-14-18(17-25(22)29)27-23-11-4-6-13-26(23)31-28(32-27)19-8-7-9-20(30)16-19;20-19-22-17(16-10-5-11-21-18(16)23-19)15-9-4-8-14(12-15)13-6-2-1-3-7-13;1-2-5-14(6-3-1)15-8-10-16(11-9-15)18-17-7-4-12-20-19(17)22-13-21-18;18-17-20-15(14-9-4-10-19-16(14)21-17)13-8-3-6-11-5-1-2-7-12(11)13;2*14-13-16-11(9-5-2-1-3-6-9)10-7-4-8-15-12(10)17-13;/h3-15,17,19H,16H2,1-2H3;1-12H;1-13H;1-10H;2*1-8H;1H/i;;;;1D,2D,3D,5D,6D;;. The molecular formula is C110H75Br6N17. The molecular weight excluding hydrogens is 2040 g/mol. The molecule has 133 heavy (non-hydrogen) atoms. The lowest BCUT2D eigenvalue weighted by Gasteiger charge is -2.22. The second kappa shape index (κ2) is 41.1. The van der Waals surface area contributed by atoms with Gasteiger partial charge in [-0.15, -0.1) is 17.0 Å². The number of benzene rings is 11. The molecule has 1 unspecified atom stereocenters. The van der Waals surface area contributed by atoms with Crippen molar-refractivity contribution < 1.29 is 6.85 Å². The lowest BCUT2D eigenvalue weighted by Crippen LogP contribution is -2.15. The first-order valence-electron chi connectivity index (χ1n) is 44.5. The van der Waals surface area contributed by atoms with Crippen LogP contribution in [0.3, 0.4) is 0 Å². The van der Waals surface area contributed by atoms with Crippen LogP contribution in [-0.2, 0) is 5.41 Å². The van der Waals surface area contributed by atoms with Crippen LogP contribution >= 0.6 is 96.6 Å². The van der Waals surface area contributed by atoms with Gasteiger partial charge in [0.2, 0.25) is 0 Å². The molecule has 0 saturated heterocycles. The lowest BCUT2D eigenvalue weighted by molar-refractivity contribution is 0.660. The number of nitrogens with zero attached hydrogens (tertiary/aromatic N) is 17. The first kappa shape index (κ1) is 83.2. The number of para-hydroxylation sites is 1. The first-order chi connectivity index (χ1) is 66.8. The highest BCUT2D eigenvalue weighted by Crippen LogP contribution is 2.50. The van der Waals surface area contributed by atoms with Gasteiger partial charge in [-0.1, -0.05) is 309 Å². The van der Waals surface area contributed by atoms with Crippen molar-refractivity contribution in [2.75, 3.05) is 0 Å². The zero-order valence-electron chi connectivity index (χ0n) is 75.8. The maximum Gasteiger partial charge on any atom is 0.199 e. The third-order valence-electron chi connectivity index (χ3n) is 22.4. The molecule has 0 radical (unpaired) electrons. The molecule has 0 N–H and O–H groups in total. The van der Waals surface area contributed by atoms with Crippen LogP contribution in [0.15, 0.2) is 419 Å². The number of rotatable bonds is 9. The average Bonchev–Trinajstić information content (AvgIpc) is 1.56. The minimum absolute atomic E-state index is 0. The average molecular weight is 2120 g/mol. The highest BCUT2D eigenvalue weighted by Gasteiger charge is 2.36. The van der Waals surface area contributed by atoms with Gasteiger partial charge >= 0.3 is 0 Å². The quantitative estimate of drug-likeness (QED) is 0.123. The summed E-state index contributed by atoms with van der Waals surface area (Å²) in [5.74, 6) is 1.05. The largest absolute Gasteiger partial charge is 0.237 e. The molecule has 24 rings (SSSR count). The van der Waals surface area contributed by atoms with Crippen molar-refractivity contribution in [2.24, 2.45) is 0 Å². The van der Waals surface area contributed by atoms with Gasteiger partial charge in [0.25, 0.3) is 0 Å². The number of halogens is 6. The number of aromatic nitrogens is 17. The number of hydrogen-bond donors (Lipinski definition) is 0. The molecule has 11 aromatic heterocycles. The van der Waals surface area contributed by atoms with Crippen molar-refractivity contribution >= 4 is 173 Å². The fourth-order valence-electron chi connectivity index (χ4n) is 16.2. The minimum atomic E-state index is -0.436. The highest BCUT2D eigenvalue weighted by atomic mass is 79.9. The van der Waals surface area contributed by atoms with Crippen molar-refractivity contribution in [2.45, 2.75) is 31.6 Å². The molecule has 22 aromatic rings. The van der Waals surface area contributed by atoms with E-state index in [9.17, 15) is 0 Å². The van der Waals surface area contributed by atoms with Gasteiger partial charge in [-0.25, -0.2) is 84.7 Å². The van der Waals surface area contributed by atoms with Crippen molar-refractivity contribution in [1.29, 1.82) is 0 Å². The summed E-state index contributed by atoms with van der Waals surface area (Å²) in [6.45, 7) is 4.64. The van der Waals surface area contributed by atoms with E-state index in [1.165, 1.54) is 54.2 Å². The minimum Gasteiger partial charge on any atom is -0.237 e. The zero-order valence-corrected chi connectivity index (χ0v) is 80.5. The molecule has 0 bridgehead atoms. The monoisotopic (exact) mass is 2110 g/mol. The molecule has 2 aliphatic carbocycles. The van der Waals surface area contributed by atoms with Crippen LogP contribution in [0.5, 0.6) is 0 Å². The third kappa shape index (κ3) is 20.0. The van der Waals surface area contributed by atoms with E-state index in [0.29, 0.717) is 42.2 Å². The predicted molar refractivity (Wildman–Crippen MR) is 559 cm³/mol. The van der Waals surface area contributed by atoms with Crippen LogP contribution in [0.1, 0.15) is 50.0 Å². The molecule has 642 valence electrons. The lowest BCUT2D eigenvalue weighted by atomic mass is 9.82. The Bertz CT molecular complexity index is 8380. The second-order valence-electron chi connectivity index (χ2n) is 30.9. The Morgan fingerprint density at radius 3 is 1.30 bits per heavy atom. The van der Waals surface area contributed by atoms with E-state index in [1.807, 2.05) is 127 Å². The predicted octanol–water partition coefficient (Wildman–Crippen LogP) is 29.5. The molecule has 0 saturated carbocycles. The van der Waals surface area contributed by atoms with Gasteiger partial charge in [-0.2, -0.15) is 0 Å². The van der Waals surface area contributed by atoms with E-state index in [1.54, 1.807) is 49.4 Å². The van der Waals surface area contributed by atoms with Crippen LogP contribution in [0.25, 0.3) is 178 Å². The van der Waals surface area contributed by atoms with Crippen LogP contribution in [0.4, 0.5) is 0 Å². The Labute approximate surface area is 826 Å². The molecule has 0 spiro atoms. The summed E-state index contributed by atoms with van der Waals surface area (Å²) in [6.07, 6.45) is 17.4. The normalized spacial score (nSPS) is 13.1. The van der Waals surface area contributed by atoms with Gasteiger partial charge in [0.15, 0.2) is 47.2 Å². The van der Waals surface area contributed by atoms with E-state index in [-0.39, 0.29) is 56.4 Å². The highest BCUT2D eigenvalue weighted by molar-refractivity contribution is 9.12. The summed E-state index contributed by atoms with van der Waals surface area (Å²) in [5.41, 5.74) is 24.7. The number of allylic oxidation sites excluding steroid dienone is 4. The van der Waals surface area contributed by atoms with E-state index in [4.69, 9.17) is 16.8 Å². The van der Waals surface area contributed by atoms with E-state index in [0.717, 1.165) is 112 Å². The van der Waals surface area contributed by atoms with Gasteiger partial charge in [0.05, 0.1) is 46.5 Å². The molecule has 0 aliphatic heterocycles. The van der Waals surface area contributed by atoms with Gasteiger partial charge in [-0.05, 0) is 209 Å². The Hall–Kier alpha value is -14.2. The fourth-order valence-corrected chi connectivity index (χ4v) is 18.1. The van der Waals surface area contributed by atoms with E-state index in [2.05, 4.69) is 356 Å². The summed E-state index contributed by atoms with van der Waals surface area (Å²) >= 11 is 16.9. The van der Waals surface area contributed by atoms with Crippen LogP contribution < -0.4 is 0 Å². The smallest absolute Gasteiger partial charge is 0.199 e. The Balaban J connectivity index is 0.000000111. The van der Waals surface area contributed by atoms with Crippen LogP contribution in [0.2, 0.25) is 0 Å². The van der Waals surface area contributed by atoms with E-state index >= 15 is 0 Å². The van der Waals surface area contributed by atoms with Crippen molar-refractivity contribution in [3.8, 4) is 101 Å². The van der Waals surface area contributed by atoms with Crippen LogP contribution in [0, 0.1) is 0 Å². The summed E-state index contributed by atoms with van der Waals surface area (Å²) in [4.78, 5) is 74.9. The first-order valence-corrected chi connectivity index (χ1v) is 46.0. The molecule has 11 aromatic carbocycles. The molecule has 17 nitrogen and oxygen atoms in total. The maximum absolute atomic E-state index is 8.05. The van der Waals surface area contributed by atoms with Crippen molar-refractivity contribution in [1.82, 2.24) is 84.7 Å². The molecule has 11 heterocycles. The topological polar surface area (TPSA) is 219 Å². The molecule has 2 aliphatic rings. The summed E-state index contributed by atoms with van der Waals surface area (Å²) in [6, 6.07) is 103. The van der Waals surface area contributed by atoms with Crippen molar-refractivity contribution in [3.63, 3.8) is 0 Å². The van der Waals surface area contributed by atoms with E-state index < -0.39 is 18.1 Å². The Kier molecular flexibility index (Phi) is 25.7. The van der Waals surface area contributed by atoms with Gasteiger partial charge < -0.3 is 0 Å². The summed E-state index contributed by atoms with van der Waals surface area (Å²) in [5, 5.41) is 7.82. The summed E-state index contributed by atoms with van der Waals surface area (Å²) in [7, 11) is 0. The maximum atomic E-state index is 8.05. The molecule has 1 atom stereocenters. The zero-order chi connectivity index (χ0) is 94.2. The number of hydrogen-bond acceptors (Lipinski definition) is 17.